The van der Waals surface area contributed by atoms with Crippen molar-refractivity contribution in [1.29, 1.82) is 0 Å². The lowest BCUT2D eigenvalue weighted by Crippen LogP contribution is -2.45. The van der Waals surface area contributed by atoms with Crippen LogP contribution in [0.15, 0.2) is 30.3 Å². The standard InChI is InChI=1S/C19H30O4Si/c1-18(2,3)24(6,7)23-16(14-11-9-8-10-12-14)17-15(13-20)21-19(4,5)22-17/h8-13,15-17H,1-7H3/t15-,16+,17+/m1/s1. The Kier molecular flexibility index (Phi) is 5.40. The molecule has 134 valence electrons. The van der Waals surface area contributed by atoms with Gasteiger partial charge < -0.3 is 18.7 Å². The first-order valence-electron chi connectivity index (χ1n) is 8.50. The van der Waals surface area contributed by atoms with Crippen LogP contribution in [-0.2, 0) is 18.7 Å². The maximum atomic E-state index is 11.6. The maximum absolute atomic E-state index is 11.6. The molecule has 0 saturated carbocycles. The summed E-state index contributed by atoms with van der Waals surface area (Å²) in [5, 5.41) is 0.0612. The molecule has 0 spiro atoms. The van der Waals surface area contributed by atoms with Gasteiger partial charge >= 0.3 is 0 Å². The first-order valence-corrected chi connectivity index (χ1v) is 11.4. The molecule has 0 radical (unpaired) electrons. The van der Waals surface area contributed by atoms with Crippen LogP contribution in [0.2, 0.25) is 18.1 Å². The lowest BCUT2D eigenvalue weighted by atomic mass is 10.0. The Bertz CT molecular complexity index is 562. The van der Waals surface area contributed by atoms with Gasteiger partial charge in [0.15, 0.2) is 20.4 Å². The topological polar surface area (TPSA) is 44.8 Å². The highest BCUT2D eigenvalue weighted by Crippen LogP contribution is 2.43. The Morgan fingerprint density at radius 2 is 1.75 bits per heavy atom. The fourth-order valence-electron chi connectivity index (χ4n) is 2.62. The number of benzene rings is 1. The second kappa shape index (κ2) is 6.71. The molecule has 0 aliphatic carbocycles. The van der Waals surface area contributed by atoms with Gasteiger partial charge in [-0.05, 0) is 37.5 Å². The molecule has 1 aliphatic heterocycles. The normalized spacial score (nSPS) is 25.5. The summed E-state index contributed by atoms with van der Waals surface area (Å²) >= 11 is 0. The third kappa shape index (κ3) is 4.14. The van der Waals surface area contributed by atoms with Gasteiger partial charge in [0.05, 0.1) is 6.10 Å². The van der Waals surface area contributed by atoms with E-state index in [-0.39, 0.29) is 11.1 Å². The van der Waals surface area contributed by atoms with Crippen LogP contribution in [-0.4, -0.2) is 32.6 Å². The van der Waals surface area contributed by atoms with E-state index in [9.17, 15) is 4.79 Å². The van der Waals surface area contributed by atoms with E-state index in [2.05, 4.69) is 33.9 Å². The van der Waals surface area contributed by atoms with Crippen LogP contribution >= 0.6 is 0 Å². The number of aldehydes is 1. The molecule has 4 nitrogen and oxygen atoms in total. The number of rotatable bonds is 5. The van der Waals surface area contributed by atoms with Gasteiger partial charge in [-0.3, -0.25) is 0 Å². The van der Waals surface area contributed by atoms with Crippen molar-refractivity contribution in [3.63, 3.8) is 0 Å². The number of hydrogen-bond acceptors (Lipinski definition) is 4. The van der Waals surface area contributed by atoms with Crippen LogP contribution in [0, 0.1) is 0 Å². The third-order valence-corrected chi connectivity index (χ3v) is 9.41. The molecule has 1 fully saturated rings. The van der Waals surface area contributed by atoms with Gasteiger partial charge in [-0.2, -0.15) is 0 Å². The number of ether oxygens (including phenoxy) is 2. The highest BCUT2D eigenvalue weighted by atomic mass is 28.4. The second-order valence-corrected chi connectivity index (χ2v) is 13.2. The number of carbonyl (C=O) groups is 1. The molecule has 1 saturated heterocycles. The van der Waals surface area contributed by atoms with Gasteiger partial charge in [-0.15, -0.1) is 0 Å². The van der Waals surface area contributed by atoms with E-state index in [1.807, 2.05) is 44.2 Å². The molecule has 2 rings (SSSR count). The molecule has 1 aromatic rings. The summed E-state index contributed by atoms with van der Waals surface area (Å²) in [5.74, 6) is -0.792. The predicted molar refractivity (Wildman–Crippen MR) is 97.4 cm³/mol. The number of carbonyl (C=O) groups excluding carboxylic acids is 1. The highest BCUT2D eigenvalue weighted by Gasteiger charge is 2.49. The van der Waals surface area contributed by atoms with Gasteiger partial charge in [0.1, 0.15) is 12.2 Å². The van der Waals surface area contributed by atoms with Crippen molar-refractivity contribution in [3.8, 4) is 0 Å². The minimum absolute atomic E-state index is 0.0612. The predicted octanol–water partition coefficient (Wildman–Crippen LogP) is 4.47. The molecule has 0 N–H and O–H groups in total. The minimum Gasteiger partial charge on any atom is -0.407 e. The van der Waals surface area contributed by atoms with Crippen molar-refractivity contribution in [1.82, 2.24) is 0 Å². The quantitative estimate of drug-likeness (QED) is 0.580. The summed E-state index contributed by atoms with van der Waals surface area (Å²) in [7, 11) is -2.06. The summed E-state index contributed by atoms with van der Waals surface area (Å²) in [6.45, 7) is 14.7. The van der Waals surface area contributed by atoms with Gasteiger partial charge in [0.25, 0.3) is 0 Å². The van der Waals surface area contributed by atoms with Gasteiger partial charge in [0, 0.05) is 0 Å². The average molecular weight is 351 g/mol. The van der Waals surface area contributed by atoms with Gasteiger partial charge in [0.2, 0.25) is 0 Å². The van der Waals surface area contributed by atoms with E-state index < -0.39 is 26.3 Å². The molecule has 1 heterocycles. The molecule has 1 aliphatic rings. The van der Waals surface area contributed by atoms with Crippen LogP contribution in [0.5, 0.6) is 0 Å². The Morgan fingerprint density at radius 3 is 2.25 bits per heavy atom. The van der Waals surface area contributed by atoms with Gasteiger partial charge in [-0.25, -0.2) is 0 Å². The molecular weight excluding hydrogens is 320 g/mol. The summed E-state index contributed by atoms with van der Waals surface area (Å²) in [4.78, 5) is 11.6. The summed E-state index contributed by atoms with van der Waals surface area (Å²) in [6, 6.07) is 9.98. The third-order valence-electron chi connectivity index (χ3n) is 4.95. The van der Waals surface area contributed by atoms with Gasteiger partial charge in [-0.1, -0.05) is 51.1 Å². The molecule has 24 heavy (non-hydrogen) atoms. The molecule has 1 aromatic carbocycles. The zero-order valence-electron chi connectivity index (χ0n) is 15.8. The Labute approximate surface area is 146 Å². The van der Waals surface area contributed by atoms with Crippen molar-refractivity contribution in [2.45, 2.75) is 76.8 Å². The van der Waals surface area contributed by atoms with E-state index in [4.69, 9.17) is 13.9 Å². The molecular formula is C19H30O4Si. The van der Waals surface area contributed by atoms with Crippen LogP contribution in [0.25, 0.3) is 0 Å². The second-order valence-electron chi connectivity index (χ2n) is 8.41. The molecule has 0 amide bonds. The molecule has 5 heteroatoms. The van der Waals surface area contributed by atoms with Crippen LogP contribution in [0.1, 0.15) is 46.3 Å². The Hall–Kier alpha value is -1.01. The van der Waals surface area contributed by atoms with E-state index in [0.29, 0.717) is 0 Å². The molecule has 0 unspecified atom stereocenters. The molecule has 0 bridgehead atoms. The first kappa shape index (κ1) is 19.3. The Morgan fingerprint density at radius 1 is 1.17 bits per heavy atom. The lowest BCUT2D eigenvalue weighted by molar-refractivity contribution is -0.156. The average Bonchev–Trinajstić information content (AvgIpc) is 2.79. The first-order chi connectivity index (χ1) is 11.0. The monoisotopic (exact) mass is 350 g/mol. The van der Waals surface area contributed by atoms with Crippen molar-refractivity contribution in [3.05, 3.63) is 35.9 Å². The zero-order valence-corrected chi connectivity index (χ0v) is 16.8. The van der Waals surface area contributed by atoms with Crippen molar-refractivity contribution < 1.29 is 18.7 Å². The van der Waals surface area contributed by atoms with Crippen LogP contribution in [0.3, 0.4) is 0 Å². The summed E-state index contributed by atoms with van der Waals surface area (Å²) in [5.41, 5.74) is 1.01. The van der Waals surface area contributed by atoms with E-state index in [1.165, 1.54) is 0 Å². The van der Waals surface area contributed by atoms with Crippen molar-refractivity contribution in [2.75, 3.05) is 0 Å². The molecule has 3 atom stereocenters. The van der Waals surface area contributed by atoms with Crippen LogP contribution in [0.4, 0.5) is 0 Å². The van der Waals surface area contributed by atoms with E-state index >= 15 is 0 Å². The molecule has 0 aromatic heterocycles. The zero-order chi connectivity index (χ0) is 18.2. The smallest absolute Gasteiger partial charge is 0.193 e. The lowest BCUT2D eigenvalue weighted by Gasteiger charge is -2.41. The van der Waals surface area contributed by atoms with E-state index in [0.717, 1.165) is 11.8 Å². The fraction of sp³-hybridized carbons (Fsp3) is 0.632. The Balaban J connectivity index is 2.39. The highest BCUT2D eigenvalue weighted by molar-refractivity contribution is 6.74. The number of hydrogen-bond donors (Lipinski definition) is 0. The fourth-order valence-corrected chi connectivity index (χ4v) is 3.88. The van der Waals surface area contributed by atoms with Crippen molar-refractivity contribution >= 4 is 14.6 Å². The summed E-state index contributed by atoms with van der Waals surface area (Å²) in [6.07, 6.45) is -0.585. The van der Waals surface area contributed by atoms with Crippen molar-refractivity contribution in [2.24, 2.45) is 0 Å². The SMILES string of the molecule is CC1(C)O[C@H]([C@@H](O[Si](C)(C)C(C)(C)C)c2ccccc2)[C@@H](C=O)O1. The summed E-state index contributed by atoms with van der Waals surface area (Å²) < 4.78 is 18.5. The maximum Gasteiger partial charge on any atom is 0.193 e. The van der Waals surface area contributed by atoms with Crippen LogP contribution < -0.4 is 0 Å². The minimum atomic E-state index is -2.06. The van der Waals surface area contributed by atoms with E-state index in [1.54, 1.807) is 0 Å². The largest absolute Gasteiger partial charge is 0.407 e.